The maximum Gasteiger partial charge on any atom is 0.131 e. The van der Waals surface area contributed by atoms with Gasteiger partial charge in [-0.2, -0.15) is 0 Å². The molecule has 0 aliphatic rings. The fourth-order valence-electron chi connectivity index (χ4n) is 0.981. The Morgan fingerprint density at radius 1 is 1.54 bits per heavy atom. The van der Waals surface area contributed by atoms with E-state index in [9.17, 15) is 4.79 Å². The van der Waals surface area contributed by atoms with Crippen LogP contribution in [0.15, 0.2) is 28.7 Å². The van der Waals surface area contributed by atoms with Gasteiger partial charge in [0.2, 0.25) is 0 Å². The number of benzene rings is 1. The average molecular weight is 242 g/mol. The minimum absolute atomic E-state index is 0.211. The molecule has 0 amide bonds. The number of carbonyl (C=O) groups is 1. The Kier molecular flexibility index (Phi) is 3.96. The van der Waals surface area contributed by atoms with Crippen LogP contribution in [-0.2, 0) is 4.79 Å². The number of nitrogens with one attached hydrogen (secondary N) is 1. The number of anilines is 1. The van der Waals surface area contributed by atoms with Crippen molar-refractivity contribution in [3.63, 3.8) is 0 Å². The van der Waals surface area contributed by atoms with E-state index in [4.69, 9.17) is 0 Å². The molecule has 0 spiro atoms. The summed E-state index contributed by atoms with van der Waals surface area (Å²) in [5.41, 5.74) is 1.04. The predicted molar refractivity (Wildman–Crippen MR) is 57.9 cm³/mol. The second-order valence-corrected chi connectivity index (χ2v) is 3.80. The number of carbonyl (C=O) groups excluding carboxylic acids is 1. The molecule has 1 rings (SSSR count). The van der Waals surface area contributed by atoms with E-state index in [0.717, 1.165) is 10.2 Å². The standard InChI is InChI=1S/C10H12BrNO/c1-8(13)5-6-12-10-4-2-3-9(11)7-10/h2-4,7,12H,5-6H2,1H3. The molecule has 0 radical (unpaired) electrons. The van der Waals surface area contributed by atoms with E-state index in [0.29, 0.717) is 13.0 Å². The molecule has 13 heavy (non-hydrogen) atoms. The molecular formula is C10H12BrNO. The number of hydrogen-bond acceptors (Lipinski definition) is 2. The highest BCUT2D eigenvalue weighted by Gasteiger charge is 1.94. The van der Waals surface area contributed by atoms with Gasteiger partial charge in [0.25, 0.3) is 0 Å². The molecule has 0 aromatic heterocycles. The van der Waals surface area contributed by atoms with Gasteiger partial charge in [0.15, 0.2) is 0 Å². The summed E-state index contributed by atoms with van der Waals surface area (Å²) in [5, 5.41) is 3.17. The van der Waals surface area contributed by atoms with E-state index in [-0.39, 0.29) is 5.78 Å². The molecule has 0 heterocycles. The molecule has 0 saturated heterocycles. The molecule has 2 nitrogen and oxygen atoms in total. The van der Waals surface area contributed by atoms with Gasteiger partial charge in [0.05, 0.1) is 0 Å². The van der Waals surface area contributed by atoms with Crippen molar-refractivity contribution in [1.82, 2.24) is 0 Å². The summed E-state index contributed by atoms with van der Waals surface area (Å²) in [6.45, 7) is 2.30. The highest BCUT2D eigenvalue weighted by Crippen LogP contribution is 2.15. The first-order valence-corrected chi connectivity index (χ1v) is 4.96. The minimum atomic E-state index is 0.211. The third-order valence-electron chi connectivity index (χ3n) is 1.63. The van der Waals surface area contributed by atoms with Crippen molar-refractivity contribution >= 4 is 27.4 Å². The smallest absolute Gasteiger partial charge is 0.131 e. The van der Waals surface area contributed by atoms with Gasteiger partial charge in [0, 0.05) is 23.1 Å². The van der Waals surface area contributed by atoms with Gasteiger partial charge in [-0.1, -0.05) is 22.0 Å². The molecule has 1 aromatic carbocycles. The van der Waals surface area contributed by atoms with Gasteiger partial charge in [-0.3, -0.25) is 4.79 Å². The second-order valence-electron chi connectivity index (χ2n) is 2.89. The summed E-state index contributed by atoms with van der Waals surface area (Å²) < 4.78 is 1.04. The Balaban J connectivity index is 2.41. The molecule has 1 N–H and O–H groups in total. The SMILES string of the molecule is CC(=O)CCNc1cccc(Br)c1. The number of Topliss-reactive ketones (excluding diaryl/α,β-unsaturated/α-hetero) is 1. The molecule has 0 unspecified atom stereocenters. The summed E-state index contributed by atoms with van der Waals surface area (Å²) in [6, 6.07) is 7.89. The zero-order valence-electron chi connectivity index (χ0n) is 7.51. The maximum atomic E-state index is 10.7. The summed E-state index contributed by atoms with van der Waals surface area (Å²) in [4.78, 5) is 10.7. The molecule has 0 aliphatic carbocycles. The zero-order valence-corrected chi connectivity index (χ0v) is 9.10. The van der Waals surface area contributed by atoms with Crippen LogP contribution in [0.1, 0.15) is 13.3 Å². The molecule has 3 heteroatoms. The fraction of sp³-hybridized carbons (Fsp3) is 0.300. The summed E-state index contributed by atoms with van der Waals surface area (Å²) in [6.07, 6.45) is 0.576. The molecule has 70 valence electrons. The van der Waals surface area contributed by atoms with Crippen molar-refractivity contribution in [3.8, 4) is 0 Å². The van der Waals surface area contributed by atoms with Crippen LogP contribution < -0.4 is 5.32 Å². The monoisotopic (exact) mass is 241 g/mol. The van der Waals surface area contributed by atoms with Crippen molar-refractivity contribution in [1.29, 1.82) is 0 Å². The van der Waals surface area contributed by atoms with Crippen LogP contribution in [0.4, 0.5) is 5.69 Å². The van der Waals surface area contributed by atoms with E-state index in [1.165, 1.54) is 0 Å². The highest BCUT2D eigenvalue weighted by atomic mass is 79.9. The van der Waals surface area contributed by atoms with Crippen molar-refractivity contribution < 1.29 is 4.79 Å². The lowest BCUT2D eigenvalue weighted by atomic mass is 10.3. The number of rotatable bonds is 4. The van der Waals surface area contributed by atoms with Crippen LogP contribution in [0.25, 0.3) is 0 Å². The Hall–Kier alpha value is -0.830. The Morgan fingerprint density at radius 3 is 2.92 bits per heavy atom. The van der Waals surface area contributed by atoms with Crippen LogP contribution in [0, 0.1) is 0 Å². The minimum Gasteiger partial charge on any atom is -0.385 e. The maximum absolute atomic E-state index is 10.7. The van der Waals surface area contributed by atoms with Crippen molar-refractivity contribution in [2.24, 2.45) is 0 Å². The molecule has 1 aromatic rings. The van der Waals surface area contributed by atoms with Crippen molar-refractivity contribution in [2.75, 3.05) is 11.9 Å². The molecule has 0 bridgehead atoms. The highest BCUT2D eigenvalue weighted by molar-refractivity contribution is 9.10. The third-order valence-corrected chi connectivity index (χ3v) is 2.12. The fourth-order valence-corrected chi connectivity index (χ4v) is 1.38. The van der Waals surface area contributed by atoms with E-state index in [1.54, 1.807) is 6.92 Å². The Labute approximate surface area is 86.5 Å². The molecule has 0 saturated carbocycles. The molecular weight excluding hydrogens is 230 g/mol. The van der Waals surface area contributed by atoms with Gasteiger partial charge in [-0.05, 0) is 25.1 Å². The third kappa shape index (κ3) is 4.08. The van der Waals surface area contributed by atoms with Crippen LogP contribution in [-0.4, -0.2) is 12.3 Å². The van der Waals surface area contributed by atoms with Gasteiger partial charge >= 0.3 is 0 Å². The topological polar surface area (TPSA) is 29.1 Å². The first kappa shape index (κ1) is 10.3. The lowest BCUT2D eigenvalue weighted by Gasteiger charge is -2.04. The summed E-state index contributed by atoms with van der Waals surface area (Å²) >= 11 is 3.38. The first-order chi connectivity index (χ1) is 6.18. The number of hydrogen-bond donors (Lipinski definition) is 1. The van der Waals surface area contributed by atoms with Crippen LogP contribution >= 0.6 is 15.9 Å². The van der Waals surface area contributed by atoms with Gasteiger partial charge in [-0.25, -0.2) is 0 Å². The number of ketones is 1. The largest absolute Gasteiger partial charge is 0.385 e. The average Bonchev–Trinajstić information content (AvgIpc) is 2.03. The zero-order chi connectivity index (χ0) is 9.68. The van der Waals surface area contributed by atoms with E-state index in [2.05, 4.69) is 21.2 Å². The molecule has 0 atom stereocenters. The Morgan fingerprint density at radius 2 is 2.31 bits per heavy atom. The van der Waals surface area contributed by atoms with E-state index >= 15 is 0 Å². The lowest BCUT2D eigenvalue weighted by Crippen LogP contribution is -2.05. The molecule has 0 aliphatic heterocycles. The summed E-state index contributed by atoms with van der Waals surface area (Å²) in [5.74, 6) is 0.211. The van der Waals surface area contributed by atoms with Gasteiger partial charge in [0.1, 0.15) is 5.78 Å². The van der Waals surface area contributed by atoms with Crippen LogP contribution in [0.3, 0.4) is 0 Å². The molecule has 0 fully saturated rings. The summed E-state index contributed by atoms with van der Waals surface area (Å²) in [7, 11) is 0. The first-order valence-electron chi connectivity index (χ1n) is 4.17. The second kappa shape index (κ2) is 5.02. The normalized spacial score (nSPS) is 9.69. The lowest BCUT2D eigenvalue weighted by molar-refractivity contribution is -0.116. The Bertz CT molecular complexity index is 299. The van der Waals surface area contributed by atoms with Gasteiger partial charge < -0.3 is 5.32 Å². The van der Waals surface area contributed by atoms with Gasteiger partial charge in [-0.15, -0.1) is 0 Å². The van der Waals surface area contributed by atoms with Crippen LogP contribution in [0.5, 0.6) is 0 Å². The van der Waals surface area contributed by atoms with Crippen LogP contribution in [0.2, 0.25) is 0 Å². The quantitative estimate of drug-likeness (QED) is 0.879. The van der Waals surface area contributed by atoms with Crippen molar-refractivity contribution in [2.45, 2.75) is 13.3 Å². The predicted octanol–water partition coefficient (Wildman–Crippen LogP) is 2.84. The van der Waals surface area contributed by atoms with Crippen molar-refractivity contribution in [3.05, 3.63) is 28.7 Å². The van der Waals surface area contributed by atoms with E-state index < -0.39 is 0 Å². The van der Waals surface area contributed by atoms with E-state index in [1.807, 2.05) is 24.3 Å². The number of halogens is 1.